The van der Waals surface area contributed by atoms with Gasteiger partial charge in [-0.2, -0.15) is 0 Å². The minimum absolute atomic E-state index is 0.261. The second-order valence-electron chi connectivity index (χ2n) is 4.16. The molecule has 0 saturated heterocycles. The van der Waals surface area contributed by atoms with Gasteiger partial charge in [0.2, 0.25) is 5.95 Å². The first-order valence-electron chi connectivity index (χ1n) is 5.61. The zero-order chi connectivity index (χ0) is 12.1. The van der Waals surface area contributed by atoms with E-state index in [9.17, 15) is 0 Å². The maximum absolute atomic E-state index is 5.76. The van der Waals surface area contributed by atoms with Crippen LogP contribution in [0, 0.1) is 0 Å². The van der Waals surface area contributed by atoms with Gasteiger partial charge in [0.05, 0.1) is 11.2 Å². The summed E-state index contributed by atoms with van der Waals surface area (Å²) >= 11 is 0. The molecule has 3 aromatic rings. The van der Waals surface area contributed by atoms with Gasteiger partial charge in [0, 0.05) is 23.5 Å². The number of anilines is 1. The maximum atomic E-state index is 5.76. The fraction of sp³-hybridized carbons (Fsp3) is 0. The highest BCUT2D eigenvalue weighted by atomic mass is 15.3. The molecule has 18 heavy (non-hydrogen) atoms. The molecule has 1 aliphatic rings. The molecule has 0 amide bonds. The predicted octanol–water partition coefficient (Wildman–Crippen LogP) is 2.04. The van der Waals surface area contributed by atoms with Gasteiger partial charge in [-0.25, -0.2) is 9.50 Å². The Morgan fingerprint density at radius 1 is 1.11 bits per heavy atom. The molecule has 3 heterocycles. The summed E-state index contributed by atoms with van der Waals surface area (Å²) in [6.45, 7) is 0. The number of benzene rings is 1. The van der Waals surface area contributed by atoms with Gasteiger partial charge in [0.1, 0.15) is 5.69 Å². The number of aromatic nitrogens is 3. The number of nitrogen functional groups attached to an aromatic ring is 1. The second-order valence-corrected chi connectivity index (χ2v) is 4.16. The zero-order valence-electron chi connectivity index (χ0n) is 9.41. The molecule has 0 spiro atoms. The van der Waals surface area contributed by atoms with E-state index in [0.29, 0.717) is 0 Å². The van der Waals surface area contributed by atoms with Crippen molar-refractivity contribution < 1.29 is 0 Å². The number of aliphatic imine (C=N–C) groups is 1. The average Bonchev–Trinajstić information content (AvgIpc) is 2.71. The van der Waals surface area contributed by atoms with E-state index < -0.39 is 0 Å². The van der Waals surface area contributed by atoms with Crippen molar-refractivity contribution in [2.24, 2.45) is 4.99 Å². The lowest BCUT2D eigenvalue weighted by Gasteiger charge is -2.06. The molecular formula is C13H9N5. The number of fused-ring (bicyclic) bond motifs is 2. The van der Waals surface area contributed by atoms with E-state index in [1.54, 1.807) is 4.52 Å². The summed E-state index contributed by atoms with van der Waals surface area (Å²) in [4.78, 5) is 8.85. The minimum Gasteiger partial charge on any atom is -0.367 e. The quantitative estimate of drug-likeness (QED) is 0.507. The number of nitrogens with zero attached hydrogens (tertiary/aromatic N) is 4. The van der Waals surface area contributed by atoms with Crippen molar-refractivity contribution in [1.82, 2.24) is 14.6 Å². The molecule has 0 radical (unpaired) electrons. The third kappa shape index (κ3) is 1.13. The molecule has 0 atom stereocenters. The van der Waals surface area contributed by atoms with Crippen molar-refractivity contribution in [2.45, 2.75) is 0 Å². The fourth-order valence-electron chi connectivity index (χ4n) is 2.28. The van der Waals surface area contributed by atoms with E-state index in [4.69, 9.17) is 5.73 Å². The lowest BCUT2D eigenvalue weighted by molar-refractivity contribution is 0.920. The normalized spacial score (nSPS) is 12.4. The predicted molar refractivity (Wildman–Crippen MR) is 70.1 cm³/mol. The lowest BCUT2D eigenvalue weighted by atomic mass is 10.1. The summed E-state index contributed by atoms with van der Waals surface area (Å²) < 4.78 is 1.75. The molecular weight excluding hydrogens is 226 g/mol. The third-order valence-electron chi connectivity index (χ3n) is 3.06. The Labute approximate surface area is 103 Å². The van der Waals surface area contributed by atoms with Crippen molar-refractivity contribution in [3.8, 4) is 11.3 Å². The Kier molecular flexibility index (Phi) is 1.64. The summed E-state index contributed by atoms with van der Waals surface area (Å²) in [7, 11) is 0. The van der Waals surface area contributed by atoms with Crippen molar-refractivity contribution in [1.29, 1.82) is 0 Å². The molecule has 0 bridgehead atoms. The first kappa shape index (κ1) is 9.35. The topological polar surface area (TPSA) is 68.6 Å². The number of hydrogen-bond donors (Lipinski definition) is 1. The van der Waals surface area contributed by atoms with Crippen molar-refractivity contribution >= 4 is 23.4 Å². The monoisotopic (exact) mass is 235 g/mol. The van der Waals surface area contributed by atoms with Gasteiger partial charge in [0.15, 0.2) is 0 Å². The van der Waals surface area contributed by atoms with Crippen LogP contribution in [0.4, 0.5) is 11.6 Å². The second kappa shape index (κ2) is 3.16. The van der Waals surface area contributed by atoms with E-state index in [1.807, 2.05) is 42.7 Å². The molecule has 5 nitrogen and oxygen atoms in total. The minimum atomic E-state index is 0.261. The van der Waals surface area contributed by atoms with E-state index in [-0.39, 0.29) is 5.95 Å². The van der Waals surface area contributed by atoms with Crippen molar-refractivity contribution in [3.05, 3.63) is 42.1 Å². The summed E-state index contributed by atoms with van der Waals surface area (Å²) in [6, 6.07) is 9.85. The van der Waals surface area contributed by atoms with Crippen LogP contribution < -0.4 is 5.73 Å². The summed E-state index contributed by atoms with van der Waals surface area (Å²) in [6.07, 6.45) is 3.70. The van der Waals surface area contributed by atoms with E-state index in [2.05, 4.69) is 15.1 Å². The highest BCUT2D eigenvalue weighted by molar-refractivity contribution is 6.01. The number of hydrogen-bond acceptors (Lipinski definition) is 4. The number of para-hydroxylation sites is 1. The van der Waals surface area contributed by atoms with Crippen LogP contribution in [0.5, 0.6) is 0 Å². The smallest absolute Gasteiger partial charge is 0.238 e. The van der Waals surface area contributed by atoms with Gasteiger partial charge in [-0.1, -0.05) is 18.2 Å². The van der Waals surface area contributed by atoms with Crippen LogP contribution in [0.2, 0.25) is 0 Å². The fourth-order valence-corrected chi connectivity index (χ4v) is 2.28. The highest BCUT2D eigenvalue weighted by Gasteiger charge is 2.17. The van der Waals surface area contributed by atoms with Crippen molar-refractivity contribution in [2.75, 3.05) is 5.73 Å². The molecule has 2 N–H and O–H groups in total. The lowest BCUT2D eigenvalue weighted by Crippen LogP contribution is -2.03. The molecule has 4 rings (SSSR count). The third-order valence-corrected chi connectivity index (χ3v) is 3.06. The molecule has 1 aromatic carbocycles. The van der Waals surface area contributed by atoms with Gasteiger partial charge in [-0.3, -0.25) is 4.99 Å². The van der Waals surface area contributed by atoms with E-state index in [0.717, 1.165) is 28.0 Å². The molecule has 1 aliphatic heterocycles. The molecule has 0 saturated carbocycles. The molecule has 0 unspecified atom stereocenters. The van der Waals surface area contributed by atoms with Crippen LogP contribution in [-0.4, -0.2) is 20.8 Å². The molecule has 0 fully saturated rings. The largest absolute Gasteiger partial charge is 0.367 e. The molecule has 0 aliphatic carbocycles. The summed E-state index contributed by atoms with van der Waals surface area (Å²) in [5.74, 6) is 0.261. The van der Waals surface area contributed by atoms with Crippen LogP contribution in [0.3, 0.4) is 0 Å². The van der Waals surface area contributed by atoms with Gasteiger partial charge in [-0.15, -0.1) is 5.10 Å². The first-order valence-corrected chi connectivity index (χ1v) is 5.61. The number of rotatable bonds is 0. The van der Waals surface area contributed by atoms with Crippen LogP contribution in [0.25, 0.3) is 16.8 Å². The first-order chi connectivity index (χ1) is 8.83. The Bertz CT molecular complexity index is 800. The van der Waals surface area contributed by atoms with Gasteiger partial charge in [-0.05, 0) is 12.1 Å². The van der Waals surface area contributed by atoms with Gasteiger partial charge >= 0.3 is 0 Å². The maximum Gasteiger partial charge on any atom is 0.238 e. The SMILES string of the molecule is Nc1nc2c3c(ccn3n1)C=Nc1ccccc1-2. The van der Waals surface area contributed by atoms with Crippen LogP contribution in [0.15, 0.2) is 41.5 Å². The van der Waals surface area contributed by atoms with Gasteiger partial charge in [0.25, 0.3) is 0 Å². The van der Waals surface area contributed by atoms with Gasteiger partial charge < -0.3 is 5.73 Å². The summed E-state index contributed by atoms with van der Waals surface area (Å²) in [5.41, 5.74) is 10.4. The molecule has 2 aromatic heterocycles. The Morgan fingerprint density at radius 3 is 2.94 bits per heavy atom. The molecule has 5 heteroatoms. The van der Waals surface area contributed by atoms with Crippen LogP contribution >= 0.6 is 0 Å². The Balaban J connectivity index is 2.24. The van der Waals surface area contributed by atoms with Crippen LogP contribution in [0.1, 0.15) is 5.56 Å². The highest BCUT2D eigenvalue weighted by Crippen LogP contribution is 2.35. The Morgan fingerprint density at radius 2 is 2.00 bits per heavy atom. The average molecular weight is 235 g/mol. The molecule has 86 valence electrons. The summed E-state index contributed by atoms with van der Waals surface area (Å²) in [5, 5.41) is 4.18. The standard InChI is InChI=1S/C13H9N5/c14-13-16-11-9-3-1-2-4-10(9)15-7-8-5-6-18(17-13)12(8)11/h1-7H,(H2,14,17). The van der Waals surface area contributed by atoms with E-state index >= 15 is 0 Å². The Hall–Kier alpha value is -2.69. The zero-order valence-corrected chi connectivity index (χ0v) is 9.41. The van der Waals surface area contributed by atoms with Crippen molar-refractivity contribution in [3.63, 3.8) is 0 Å². The van der Waals surface area contributed by atoms with Crippen LogP contribution in [-0.2, 0) is 0 Å². The number of nitrogens with two attached hydrogens (primary N) is 1. The van der Waals surface area contributed by atoms with E-state index in [1.165, 1.54) is 0 Å².